The van der Waals surface area contributed by atoms with Crippen LogP contribution in [0.25, 0.3) is 0 Å². The van der Waals surface area contributed by atoms with E-state index in [1.807, 2.05) is 0 Å². The molecule has 2 rings (SSSR count). The Hall–Kier alpha value is -1.30. The molecule has 16 heavy (non-hydrogen) atoms. The highest BCUT2D eigenvalue weighted by Crippen LogP contribution is 2.34. The molecule has 1 aliphatic heterocycles. The van der Waals surface area contributed by atoms with Gasteiger partial charge in [0.05, 0.1) is 11.6 Å². The molecule has 1 unspecified atom stereocenters. The topological polar surface area (TPSA) is 81.8 Å². The fourth-order valence-corrected chi connectivity index (χ4v) is 1.82. The fraction of sp³-hybridized carbons (Fsp3) is 0.300. The molecule has 0 aliphatic carbocycles. The Morgan fingerprint density at radius 3 is 3.00 bits per heavy atom. The highest BCUT2D eigenvalue weighted by atomic mass is 35.5. The van der Waals surface area contributed by atoms with E-state index in [0.29, 0.717) is 28.5 Å². The number of rotatable bonds is 2. The van der Waals surface area contributed by atoms with Crippen LogP contribution in [0.5, 0.6) is 5.75 Å². The van der Waals surface area contributed by atoms with E-state index in [9.17, 15) is 4.79 Å². The van der Waals surface area contributed by atoms with Crippen molar-refractivity contribution in [3.8, 4) is 5.75 Å². The molecule has 0 saturated heterocycles. The average molecular weight is 244 g/mol. The van der Waals surface area contributed by atoms with Crippen molar-refractivity contribution in [1.29, 1.82) is 0 Å². The zero-order valence-electron chi connectivity index (χ0n) is 8.27. The molecule has 0 saturated carbocycles. The van der Waals surface area contributed by atoms with Gasteiger partial charge in [-0.25, -0.2) is 0 Å². The van der Waals surface area contributed by atoms with E-state index in [0.717, 1.165) is 0 Å². The Labute approximate surface area is 96.7 Å². The maximum absolute atomic E-state index is 10.7. The van der Waals surface area contributed by atoms with Crippen molar-refractivity contribution < 1.29 is 19.4 Å². The number of ether oxygens (including phenoxy) is 2. The summed E-state index contributed by atoms with van der Waals surface area (Å²) < 4.78 is 10.3. The molecule has 0 spiro atoms. The number of carboxylic acids is 1. The minimum Gasteiger partial charge on any atom is -0.480 e. The van der Waals surface area contributed by atoms with Crippen molar-refractivity contribution in [3.05, 3.63) is 28.3 Å². The van der Waals surface area contributed by atoms with Crippen molar-refractivity contribution in [2.24, 2.45) is 5.73 Å². The van der Waals surface area contributed by atoms with Gasteiger partial charge in [-0.05, 0) is 17.7 Å². The van der Waals surface area contributed by atoms with E-state index < -0.39 is 12.0 Å². The first kappa shape index (κ1) is 11.2. The second-order valence-corrected chi connectivity index (χ2v) is 3.82. The van der Waals surface area contributed by atoms with Crippen LogP contribution in [0.1, 0.15) is 17.2 Å². The first-order valence-corrected chi connectivity index (χ1v) is 4.98. The molecule has 1 aromatic rings. The van der Waals surface area contributed by atoms with Gasteiger partial charge in [0.15, 0.2) is 6.79 Å². The summed E-state index contributed by atoms with van der Waals surface area (Å²) in [6, 6.07) is 2.05. The third-order valence-corrected chi connectivity index (χ3v) is 2.59. The second kappa shape index (κ2) is 4.29. The van der Waals surface area contributed by atoms with Crippen LogP contribution in [-0.2, 0) is 16.1 Å². The van der Waals surface area contributed by atoms with Crippen LogP contribution in [0.3, 0.4) is 0 Å². The van der Waals surface area contributed by atoms with Crippen LogP contribution in [0.4, 0.5) is 0 Å². The number of benzene rings is 1. The van der Waals surface area contributed by atoms with Crippen LogP contribution in [0, 0.1) is 0 Å². The molecule has 1 aromatic carbocycles. The number of halogens is 1. The number of hydrogen-bond acceptors (Lipinski definition) is 4. The Bertz CT molecular complexity index is 435. The Morgan fingerprint density at radius 1 is 1.56 bits per heavy atom. The monoisotopic (exact) mass is 243 g/mol. The van der Waals surface area contributed by atoms with Crippen LogP contribution < -0.4 is 10.5 Å². The van der Waals surface area contributed by atoms with E-state index in [4.69, 9.17) is 31.9 Å². The molecular weight excluding hydrogens is 234 g/mol. The van der Waals surface area contributed by atoms with Crippen molar-refractivity contribution >= 4 is 17.6 Å². The maximum Gasteiger partial charge on any atom is 0.325 e. The quantitative estimate of drug-likeness (QED) is 0.818. The molecule has 3 N–H and O–H groups in total. The normalized spacial score (nSPS) is 16.1. The van der Waals surface area contributed by atoms with Gasteiger partial charge in [-0.15, -0.1) is 0 Å². The van der Waals surface area contributed by atoms with Gasteiger partial charge in [0.25, 0.3) is 0 Å². The molecule has 6 heteroatoms. The molecule has 1 aliphatic rings. The summed E-state index contributed by atoms with van der Waals surface area (Å²) in [7, 11) is 0. The lowest BCUT2D eigenvalue weighted by Gasteiger charge is -2.20. The maximum atomic E-state index is 10.7. The predicted octanol–water partition coefficient (Wildman–Crippen LogP) is 1.29. The summed E-state index contributed by atoms with van der Waals surface area (Å²) in [4.78, 5) is 10.7. The molecule has 86 valence electrons. The number of fused-ring (bicyclic) bond motifs is 1. The molecular formula is C10H10ClNO4. The standard InChI is InChI=1S/C10H10ClNO4/c11-7-2-5(8(12)10(13)14)1-6-3-15-4-16-9(6)7/h1-2,8H,3-4,12H2,(H,13,14). The smallest absolute Gasteiger partial charge is 0.325 e. The van der Waals surface area contributed by atoms with Gasteiger partial charge in [-0.2, -0.15) is 0 Å². The van der Waals surface area contributed by atoms with E-state index in [1.165, 1.54) is 6.07 Å². The van der Waals surface area contributed by atoms with Crippen molar-refractivity contribution in [2.45, 2.75) is 12.6 Å². The molecule has 0 bridgehead atoms. The Morgan fingerprint density at radius 2 is 2.31 bits per heavy atom. The molecule has 0 fully saturated rings. The van der Waals surface area contributed by atoms with Gasteiger partial charge >= 0.3 is 5.97 Å². The Kier molecular flexibility index (Phi) is 3.00. The summed E-state index contributed by atoms with van der Waals surface area (Å²) in [5.41, 5.74) is 6.65. The van der Waals surface area contributed by atoms with Crippen LogP contribution in [0.2, 0.25) is 5.02 Å². The van der Waals surface area contributed by atoms with Crippen molar-refractivity contribution in [1.82, 2.24) is 0 Å². The fourth-order valence-electron chi connectivity index (χ4n) is 1.52. The molecule has 5 nitrogen and oxygen atoms in total. The first-order valence-electron chi connectivity index (χ1n) is 4.61. The van der Waals surface area contributed by atoms with Gasteiger partial charge in [0.1, 0.15) is 11.8 Å². The largest absolute Gasteiger partial charge is 0.480 e. The van der Waals surface area contributed by atoms with Crippen molar-refractivity contribution in [2.75, 3.05) is 6.79 Å². The lowest BCUT2D eigenvalue weighted by atomic mass is 10.0. The number of carbonyl (C=O) groups is 1. The van der Waals surface area contributed by atoms with Gasteiger partial charge in [-0.3, -0.25) is 4.79 Å². The third-order valence-electron chi connectivity index (χ3n) is 2.31. The molecule has 0 radical (unpaired) electrons. The highest BCUT2D eigenvalue weighted by Gasteiger charge is 2.20. The van der Waals surface area contributed by atoms with Crippen LogP contribution in [-0.4, -0.2) is 17.9 Å². The van der Waals surface area contributed by atoms with Crippen LogP contribution >= 0.6 is 11.6 Å². The number of aliphatic carboxylic acids is 1. The summed E-state index contributed by atoms with van der Waals surface area (Å²) in [5.74, 6) is -0.567. The van der Waals surface area contributed by atoms with Gasteiger partial charge in [-0.1, -0.05) is 11.6 Å². The first-order chi connectivity index (χ1) is 7.59. The third kappa shape index (κ3) is 1.97. The van der Waals surface area contributed by atoms with Gasteiger partial charge < -0.3 is 20.3 Å². The summed E-state index contributed by atoms with van der Waals surface area (Å²) in [6.45, 7) is 0.492. The SMILES string of the molecule is NC(C(=O)O)c1cc(Cl)c2c(c1)COCO2. The molecule has 0 aromatic heterocycles. The summed E-state index contributed by atoms with van der Waals surface area (Å²) in [6.07, 6.45) is 0. The minimum absolute atomic E-state index is 0.150. The van der Waals surface area contributed by atoms with Crippen molar-refractivity contribution in [3.63, 3.8) is 0 Å². The van der Waals surface area contributed by atoms with E-state index in [1.54, 1.807) is 6.07 Å². The van der Waals surface area contributed by atoms with Gasteiger partial charge in [0.2, 0.25) is 0 Å². The molecule has 1 atom stereocenters. The number of hydrogen-bond donors (Lipinski definition) is 2. The highest BCUT2D eigenvalue weighted by molar-refractivity contribution is 6.32. The molecule has 1 heterocycles. The zero-order chi connectivity index (χ0) is 11.7. The Balaban J connectivity index is 2.42. The lowest BCUT2D eigenvalue weighted by molar-refractivity contribution is -0.138. The lowest BCUT2D eigenvalue weighted by Crippen LogP contribution is -2.21. The predicted molar refractivity (Wildman–Crippen MR) is 56.3 cm³/mol. The average Bonchev–Trinajstić information content (AvgIpc) is 2.28. The number of nitrogens with two attached hydrogens (primary N) is 1. The van der Waals surface area contributed by atoms with E-state index in [2.05, 4.69) is 0 Å². The van der Waals surface area contributed by atoms with E-state index >= 15 is 0 Å². The molecule has 0 amide bonds. The summed E-state index contributed by atoms with van der Waals surface area (Å²) in [5, 5.41) is 9.15. The number of carboxylic acid groups (broad SMARTS) is 1. The van der Waals surface area contributed by atoms with Gasteiger partial charge in [0, 0.05) is 5.56 Å². The zero-order valence-corrected chi connectivity index (χ0v) is 9.03. The van der Waals surface area contributed by atoms with E-state index in [-0.39, 0.29) is 6.79 Å². The second-order valence-electron chi connectivity index (χ2n) is 3.42. The minimum atomic E-state index is -1.10. The van der Waals surface area contributed by atoms with Crippen LogP contribution in [0.15, 0.2) is 12.1 Å². The summed E-state index contributed by atoms with van der Waals surface area (Å²) >= 11 is 5.97.